The van der Waals surface area contributed by atoms with Crippen LogP contribution in [0.3, 0.4) is 0 Å². The maximum absolute atomic E-state index is 9.56. The maximum atomic E-state index is 9.56. The second kappa shape index (κ2) is 4.23. The van der Waals surface area contributed by atoms with E-state index in [1.54, 1.807) is 4.52 Å². The third-order valence-electron chi connectivity index (χ3n) is 2.93. The molecule has 2 heterocycles. The van der Waals surface area contributed by atoms with Crippen molar-refractivity contribution in [3.8, 4) is 11.3 Å². The quantitative estimate of drug-likeness (QED) is 0.745. The Balaban J connectivity index is 2.30. The predicted molar refractivity (Wildman–Crippen MR) is 69.1 cm³/mol. The molecule has 0 atom stereocenters. The van der Waals surface area contributed by atoms with Gasteiger partial charge in [0.15, 0.2) is 5.65 Å². The summed E-state index contributed by atoms with van der Waals surface area (Å²) in [5.74, 6) is 0. The highest BCUT2D eigenvalue weighted by molar-refractivity contribution is 5.70. The van der Waals surface area contributed by atoms with Crippen LogP contribution in [0.15, 0.2) is 42.6 Å². The number of aliphatic hydroxyl groups is 1. The van der Waals surface area contributed by atoms with Crippen LogP contribution in [-0.2, 0) is 6.61 Å². The number of hydrogen-bond donors (Lipinski definition) is 1. The molecule has 0 spiro atoms. The monoisotopic (exact) mass is 239 g/mol. The van der Waals surface area contributed by atoms with Crippen LogP contribution in [0.25, 0.3) is 16.9 Å². The Morgan fingerprint density at radius 1 is 1.17 bits per heavy atom. The molecule has 0 unspecified atom stereocenters. The van der Waals surface area contributed by atoms with Crippen LogP contribution in [0.1, 0.15) is 11.3 Å². The average molecular weight is 239 g/mol. The van der Waals surface area contributed by atoms with Crippen LogP contribution >= 0.6 is 0 Å². The average Bonchev–Trinajstić information content (AvgIpc) is 2.77. The molecule has 0 saturated carbocycles. The summed E-state index contributed by atoms with van der Waals surface area (Å²) in [6.45, 7) is 1.86. The summed E-state index contributed by atoms with van der Waals surface area (Å²) in [4.78, 5) is 4.43. The van der Waals surface area contributed by atoms with Gasteiger partial charge in [0, 0.05) is 17.5 Å². The molecule has 1 N–H and O–H groups in total. The topological polar surface area (TPSA) is 50.4 Å². The lowest BCUT2D eigenvalue weighted by Gasteiger charge is -1.98. The SMILES string of the molecule is Cc1ccn2nc(-c3ccccc3)c(CO)c2n1. The van der Waals surface area contributed by atoms with Crippen LogP contribution in [-0.4, -0.2) is 19.7 Å². The first-order valence-electron chi connectivity index (χ1n) is 5.81. The zero-order valence-corrected chi connectivity index (χ0v) is 10.0. The fraction of sp³-hybridized carbons (Fsp3) is 0.143. The van der Waals surface area contributed by atoms with Gasteiger partial charge in [0.05, 0.1) is 12.2 Å². The van der Waals surface area contributed by atoms with Crippen LogP contribution in [0, 0.1) is 6.92 Å². The molecule has 4 nitrogen and oxygen atoms in total. The number of hydrogen-bond acceptors (Lipinski definition) is 3. The standard InChI is InChI=1S/C14H13N3O/c1-10-7-8-17-14(15-10)12(9-18)13(16-17)11-5-3-2-4-6-11/h2-8,18H,9H2,1H3. The zero-order valence-electron chi connectivity index (χ0n) is 10.0. The van der Waals surface area contributed by atoms with E-state index in [0.29, 0.717) is 0 Å². The Morgan fingerprint density at radius 3 is 2.67 bits per heavy atom. The Kier molecular flexibility index (Phi) is 2.57. The summed E-state index contributed by atoms with van der Waals surface area (Å²) in [5.41, 5.74) is 4.18. The van der Waals surface area contributed by atoms with Crippen molar-refractivity contribution >= 4 is 5.65 Å². The largest absolute Gasteiger partial charge is 0.391 e. The van der Waals surface area contributed by atoms with Crippen molar-refractivity contribution in [2.45, 2.75) is 13.5 Å². The number of fused-ring (bicyclic) bond motifs is 1. The molecule has 90 valence electrons. The summed E-state index contributed by atoms with van der Waals surface area (Å²) in [6, 6.07) is 11.7. The summed E-state index contributed by atoms with van der Waals surface area (Å²) < 4.78 is 1.71. The van der Waals surface area contributed by atoms with E-state index in [1.807, 2.05) is 49.5 Å². The molecule has 0 fully saturated rings. The van der Waals surface area contributed by atoms with E-state index in [4.69, 9.17) is 0 Å². The van der Waals surface area contributed by atoms with Gasteiger partial charge in [-0.05, 0) is 13.0 Å². The molecule has 0 radical (unpaired) electrons. The number of benzene rings is 1. The Hall–Kier alpha value is -2.20. The molecule has 0 saturated heterocycles. The lowest BCUT2D eigenvalue weighted by molar-refractivity contribution is 0.283. The number of rotatable bonds is 2. The number of aromatic nitrogens is 3. The summed E-state index contributed by atoms with van der Waals surface area (Å²) >= 11 is 0. The van der Waals surface area contributed by atoms with Crippen LogP contribution in [0.2, 0.25) is 0 Å². The second-order valence-electron chi connectivity index (χ2n) is 4.19. The molecule has 1 aromatic carbocycles. The molecule has 4 heteroatoms. The predicted octanol–water partition coefficient (Wildman–Crippen LogP) is 2.20. The van der Waals surface area contributed by atoms with Crippen LogP contribution in [0.5, 0.6) is 0 Å². The highest BCUT2D eigenvalue weighted by atomic mass is 16.3. The summed E-state index contributed by atoms with van der Waals surface area (Å²) in [5, 5.41) is 14.1. The maximum Gasteiger partial charge on any atom is 0.161 e. The minimum absolute atomic E-state index is 0.0653. The van der Waals surface area contributed by atoms with Crippen molar-refractivity contribution in [2.24, 2.45) is 0 Å². The highest BCUT2D eigenvalue weighted by Crippen LogP contribution is 2.25. The third-order valence-corrected chi connectivity index (χ3v) is 2.93. The molecular formula is C14H13N3O. The van der Waals surface area contributed by atoms with Crippen molar-refractivity contribution in [3.63, 3.8) is 0 Å². The molecule has 3 aromatic rings. The highest BCUT2D eigenvalue weighted by Gasteiger charge is 2.14. The zero-order chi connectivity index (χ0) is 12.5. The fourth-order valence-electron chi connectivity index (χ4n) is 2.04. The molecule has 0 aliphatic rings. The molecular weight excluding hydrogens is 226 g/mol. The van der Waals surface area contributed by atoms with Gasteiger partial charge in [-0.3, -0.25) is 0 Å². The van der Waals surface area contributed by atoms with Gasteiger partial charge in [-0.2, -0.15) is 5.10 Å². The third kappa shape index (κ3) is 1.67. The van der Waals surface area contributed by atoms with E-state index in [9.17, 15) is 5.11 Å². The summed E-state index contributed by atoms with van der Waals surface area (Å²) in [6.07, 6.45) is 1.86. The molecule has 0 amide bonds. The number of nitrogens with zero attached hydrogens (tertiary/aromatic N) is 3. The minimum atomic E-state index is -0.0653. The van der Waals surface area contributed by atoms with E-state index >= 15 is 0 Å². The van der Waals surface area contributed by atoms with Gasteiger partial charge >= 0.3 is 0 Å². The van der Waals surface area contributed by atoms with Gasteiger partial charge in [-0.15, -0.1) is 0 Å². The van der Waals surface area contributed by atoms with E-state index in [1.165, 1.54) is 0 Å². The lowest BCUT2D eigenvalue weighted by atomic mass is 10.1. The van der Waals surface area contributed by atoms with Crippen molar-refractivity contribution < 1.29 is 5.11 Å². The Labute approximate surface area is 105 Å². The second-order valence-corrected chi connectivity index (χ2v) is 4.19. The molecule has 0 bridgehead atoms. The Bertz CT molecular complexity index is 689. The molecule has 3 rings (SSSR count). The first kappa shape index (κ1) is 10.9. The van der Waals surface area contributed by atoms with Crippen LogP contribution < -0.4 is 0 Å². The number of aliphatic hydroxyl groups excluding tert-OH is 1. The van der Waals surface area contributed by atoms with Crippen molar-refractivity contribution in [3.05, 3.63) is 53.9 Å². The van der Waals surface area contributed by atoms with Gasteiger partial charge in [0.1, 0.15) is 5.69 Å². The molecule has 0 aliphatic carbocycles. The van der Waals surface area contributed by atoms with Gasteiger partial charge in [0.25, 0.3) is 0 Å². The van der Waals surface area contributed by atoms with Gasteiger partial charge in [-0.1, -0.05) is 30.3 Å². The lowest BCUT2D eigenvalue weighted by Crippen LogP contribution is -1.92. The minimum Gasteiger partial charge on any atom is -0.391 e. The van der Waals surface area contributed by atoms with E-state index < -0.39 is 0 Å². The van der Waals surface area contributed by atoms with Gasteiger partial charge in [-0.25, -0.2) is 9.50 Å². The van der Waals surface area contributed by atoms with E-state index in [2.05, 4.69) is 10.1 Å². The first-order valence-corrected chi connectivity index (χ1v) is 5.81. The Morgan fingerprint density at radius 2 is 1.94 bits per heavy atom. The first-order chi connectivity index (χ1) is 8.79. The van der Waals surface area contributed by atoms with Crippen molar-refractivity contribution in [2.75, 3.05) is 0 Å². The van der Waals surface area contributed by atoms with E-state index in [0.717, 1.165) is 28.2 Å². The van der Waals surface area contributed by atoms with Crippen molar-refractivity contribution in [1.82, 2.24) is 14.6 Å². The van der Waals surface area contributed by atoms with Crippen LogP contribution in [0.4, 0.5) is 0 Å². The molecule has 18 heavy (non-hydrogen) atoms. The fourth-order valence-corrected chi connectivity index (χ4v) is 2.04. The van der Waals surface area contributed by atoms with E-state index in [-0.39, 0.29) is 6.61 Å². The molecule has 2 aromatic heterocycles. The smallest absolute Gasteiger partial charge is 0.161 e. The normalized spacial score (nSPS) is 11.0. The van der Waals surface area contributed by atoms with Gasteiger partial charge in [0.2, 0.25) is 0 Å². The number of aryl methyl sites for hydroxylation is 1. The van der Waals surface area contributed by atoms with Gasteiger partial charge < -0.3 is 5.11 Å². The molecule has 0 aliphatic heterocycles. The van der Waals surface area contributed by atoms with Crippen molar-refractivity contribution in [1.29, 1.82) is 0 Å². The summed E-state index contributed by atoms with van der Waals surface area (Å²) in [7, 11) is 0.